The summed E-state index contributed by atoms with van der Waals surface area (Å²) in [4.78, 5) is 5.14. The fourth-order valence-electron chi connectivity index (χ4n) is 6.57. The second kappa shape index (κ2) is 8.74. The highest BCUT2D eigenvalue weighted by molar-refractivity contribution is 7.33. The van der Waals surface area contributed by atoms with E-state index in [4.69, 9.17) is 0 Å². The molecule has 2 atom stereocenters. The third-order valence-electron chi connectivity index (χ3n) is 8.62. The summed E-state index contributed by atoms with van der Waals surface area (Å²) < 4.78 is 2.98. The van der Waals surface area contributed by atoms with E-state index in [1.54, 1.807) is 0 Å². The SMILES string of the molecule is CC(C)(C)c1ccc(N2C3=CC=CC4C3B(c3sccc32)c2sccc2N4c2ccc(C(C)(C)C)cc2)cc1. The molecule has 7 rings (SSSR count). The fraction of sp³-hybridized carbons (Fsp3) is 0.294. The van der Waals surface area contributed by atoms with E-state index in [-0.39, 0.29) is 16.9 Å². The minimum Gasteiger partial charge on any atom is -0.334 e. The Labute approximate surface area is 241 Å². The molecule has 2 aromatic carbocycles. The highest BCUT2D eigenvalue weighted by Crippen LogP contribution is 2.51. The number of fused-ring (bicyclic) bond motifs is 4. The number of anilines is 4. The van der Waals surface area contributed by atoms with E-state index < -0.39 is 0 Å². The van der Waals surface area contributed by atoms with Crippen molar-refractivity contribution in [1.29, 1.82) is 0 Å². The largest absolute Gasteiger partial charge is 0.334 e. The number of hydrogen-bond donors (Lipinski definition) is 0. The Bertz CT molecular complexity index is 1590. The first-order valence-corrected chi connectivity index (χ1v) is 15.7. The van der Waals surface area contributed by atoms with Gasteiger partial charge in [0.15, 0.2) is 0 Å². The van der Waals surface area contributed by atoms with E-state index in [0.29, 0.717) is 12.5 Å². The number of benzene rings is 2. The Balaban J connectivity index is 1.38. The van der Waals surface area contributed by atoms with Crippen molar-refractivity contribution in [3.8, 4) is 0 Å². The van der Waals surface area contributed by atoms with Crippen LogP contribution in [-0.4, -0.2) is 12.8 Å². The molecule has 2 nitrogen and oxygen atoms in total. The Morgan fingerprint density at radius 3 is 1.79 bits per heavy atom. The van der Waals surface area contributed by atoms with Crippen LogP contribution in [0.4, 0.5) is 22.7 Å². The van der Waals surface area contributed by atoms with Crippen LogP contribution in [-0.2, 0) is 10.8 Å². The lowest BCUT2D eigenvalue weighted by Gasteiger charge is -2.51. The van der Waals surface area contributed by atoms with Gasteiger partial charge in [-0.05, 0) is 75.2 Å². The number of thiophene rings is 2. The Morgan fingerprint density at radius 1 is 0.667 bits per heavy atom. The van der Waals surface area contributed by atoms with Crippen molar-refractivity contribution in [2.75, 3.05) is 9.80 Å². The van der Waals surface area contributed by atoms with Gasteiger partial charge < -0.3 is 9.80 Å². The van der Waals surface area contributed by atoms with Crippen LogP contribution in [0.1, 0.15) is 52.7 Å². The molecule has 2 unspecified atom stereocenters. The summed E-state index contributed by atoms with van der Waals surface area (Å²) in [5.74, 6) is 0.344. The highest BCUT2D eigenvalue weighted by Gasteiger charge is 2.52. The average molecular weight is 547 g/mol. The summed E-state index contributed by atoms with van der Waals surface area (Å²) in [5, 5.41) is 4.57. The maximum Gasteiger partial charge on any atom is 0.252 e. The second-order valence-electron chi connectivity index (χ2n) is 13.1. The first-order valence-electron chi connectivity index (χ1n) is 14.0. The summed E-state index contributed by atoms with van der Waals surface area (Å²) in [6.45, 7) is 14.1. The highest BCUT2D eigenvalue weighted by atomic mass is 32.1. The van der Waals surface area contributed by atoms with Gasteiger partial charge in [-0.25, -0.2) is 0 Å². The topological polar surface area (TPSA) is 6.48 Å². The van der Waals surface area contributed by atoms with Crippen molar-refractivity contribution >= 4 is 61.7 Å². The van der Waals surface area contributed by atoms with Gasteiger partial charge in [-0.15, -0.1) is 0 Å². The summed E-state index contributed by atoms with van der Waals surface area (Å²) in [6, 6.07) is 23.5. The lowest BCUT2D eigenvalue weighted by atomic mass is 9.33. The van der Waals surface area contributed by atoms with Crippen LogP contribution in [0.15, 0.2) is 95.3 Å². The van der Waals surface area contributed by atoms with Crippen molar-refractivity contribution in [2.24, 2.45) is 0 Å². The van der Waals surface area contributed by atoms with Crippen molar-refractivity contribution in [3.05, 3.63) is 106 Å². The molecule has 3 aliphatic rings. The van der Waals surface area contributed by atoms with Crippen LogP contribution >= 0.6 is 22.7 Å². The van der Waals surface area contributed by atoms with Gasteiger partial charge in [0, 0.05) is 38.1 Å². The average Bonchev–Trinajstić information content (AvgIpc) is 3.58. The molecule has 1 aliphatic carbocycles. The second-order valence-corrected chi connectivity index (χ2v) is 15.0. The number of hydrogen-bond acceptors (Lipinski definition) is 4. The van der Waals surface area contributed by atoms with Gasteiger partial charge in [-0.3, -0.25) is 0 Å². The maximum atomic E-state index is 2.60. The standard InChI is InChI=1S/C34H35BN2S2/c1-33(2,3)22-10-14-24(15-11-22)36-26-8-7-9-27-30(26)35(31-28(36)18-20-38-31)32-29(19-21-39-32)37(27)25-16-12-23(13-17-25)34(4,5)6/h7-21,26,30H,1-6H3. The quantitative estimate of drug-likeness (QED) is 0.233. The van der Waals surface area contributed by atoms with Gasteiger partial charge in [0.1, 0.15) is 0 Å². The molecule has 0 spiro atoms. The number of allylic oxidation sites excluding steroid dienone is 2. The lowest BCUT2D eigenvalue weighted by Crippen LogP contribution is -2.61. The minimum absolute atomic E-state index is 0.138. The molecule has 4 aromatic rings. The minimum atomic E-state index is 0.138. The predicted octanol–water partition coefficient (Wildman–Crippen LogP) is 8.51. The van der Waals surface area contributed by atoms with E-state index >= 15 is 0 Å². The summed E-state index contributed by atoms with van der Waals surface area (Å²) in [7, 11) is 0. The zero-order chi connectivity index (χ0) is 27.1. The smallest absolute Gasteiger partial charge is 0.252 e. The fourth-order valence-corrected chi connectivity index (χ4v) is 8.72. The van der Waals surface area contributed by atoms with Crippen molar-refractivity contribution in [1.82, 2.24) is 0 Å². The van der Waals surface area contributed by atoms with Gasteiger partial charge in [-0.2, -0.15) is 22.7 Å². The van der Waals surface area contributed by atoms with Crippen LogP contribution in [0.2, 0.25) is 5.82 Å². The van der Waals surface area contributed by atoms with E-state index in [9.17, 15) is 0 Å². The Kier molecular flexibility index (Phi) is 5.60. The third-order valence-corrected chi connectivity index (χ3v) is 10.6. The maximum absolute atomic E-state index is 2.60. The van der Waals surface area contributed by atoms with Gasteiger partial charge in [0.25, 0.3) is 6.71 Å². The Morgan fingerprint density at radius 2 is 1.21 bits per heavy atom. The van der Waals surface area contributed by atoms with Crippen LogP contribution in [0.3, 0.4) is 0 Å². The third kappa shape index (κ3) is 3.88. The molecule has 0 amide bonds. The van der Waals surface area contributed by atoms with Crippen LogP contribution in [0.5, 0.6) is 0 Å². The normalized spacial score (nSPS) is 19.9. The van der Waals surface area contributed by atoms with Gasteiger partial charge in [0.2, 0.25) is 0 Å². The molecule has 4 heterocycles. The van der Waals surface area contributed by atoms with Gasteiger partial charge in [0.05, 0.1) is 11.7 Å². The first-order chi connectivity index (χ1) is 18.6. The van der Waals surface area contributed by atoms with Crippen molar-refractivity contribution < 1.29 is 0 Å². The van der Waals surface area contributed by atoms with Gasteiger partial charge >= 0.3 is 0 Å². The molecular formula is C34H35BN2S2. The summed E-state index contributed by atoms with van der Waals surface area (Å²) in [5.41, 5.74) is 9.65. The molecular weight excluding hydrogens is 511 g/mol. The van der Waals surface area contributed by atoms with Crippen molar-refractivity contribution in [3.63, 3.8) is 0 Å². The predicted molar refractivity (Wildman–Crippen MR) is 173 cm³/mol. The molecule has 0 saturated carbocycles. The molecule has 5 heteroatoms. The van der Waals surface area contributed by atoms with Crippen LogP contribution < -0.4 is 19.4 Å². The molecule has 2 aromatic heterocycles. The molecule has 39 heavy (non-hydrogen) atoms. The molecule has 0 fully saturated rings. The molecule has 0 saturated heterocycles. The van der Waals surface area contributed by atoms with Gasteiger partial charge in [-0.1, -0.05) is 78.0 Å². The van der Waals surface area contributed by atoms with Crippen molar-refractivity contribution in [2.45, 2.75) is 64.2 Å². The van der Waals surface area contributed by atoms with E-state index in [1.807, 2.05) is 22.7 Å². The molecule has 0 radical (unpaired) electrons. The molecule has 2 aliphatic heterocycles. The van der Waals surface area contributed by atoms with E-state index in [2.05, 4.69) is 141 Å². The molecule has 0 N–H and O–H groups in total. The number of nitrogens with zero attached hydrogens (tertiary/aromatic N) is 2. The monoisotopic (exact) mass is 546 g/mol. The lowest BCUT2D eigenvalue weighted by molar-refractivity contribution is 0.590. The van der Waals surface area contributed by atoms with Crippen LogP contribution in [0, 0.1) is 0 Å². The molecule has 196 valence electrons. The summed E-state index contributed by atoms with van der Waals surface area (Å²) in [6.07, 6.45) is 7.08. The molecule has 0 bridgehead atoms. The zero-order valence-corrected chi connectivity index (χ0v) is 25.2. The van der Waals surface area contributed by atoms with E-state index in [1.165, 1.54) is 49.1 Å². The van der Waals surface area contributed by atoms with Crippen LogP contribution in [0.25, 0.3) is 0 Å². The van der Waals surface area contributed by atoms with E-state index in [0.717, 1.165) is 0 Å². The Hall–Kier alpha value is -3.02. The zero-order valence-electron chi connectivity index (χ0n) is 23.6. The number of rotatable bonds is 2. The summed E-state index contributed by atoms with van der Waals surface area (Å²) >= 11 is 3.84. The first kappa shape index (κ1) is 25.0.